The van der Waals surface area contributed by atoms with E-state index in [1.807, 2.05) is 6.92 Å². The first kappa shape index (κ1) is 22.2. The molecule has 1 N–H and O–H groups in total. The summed E-state index contributed by atoms with van der Waals surface area (Å²) >= 11 is 0. The Morgan fingerprint density at radius 1 is 0.938 bits per heavy atom. The Balaban J connectivity index is 1.64. The van der Waals surface area contributed by atoms with Crippen molar-refractivity contribution in [2.24, 2.45) is 0 Å². The van der Waals surface area contributed by atoms with Crippen molar-refractivity contribution in [1.29, 1.82) is 0 Å². The number of rotatable bonds is 9. The van der Waals surface area contributed by atoms with Crippen molar-refractivity contribution in [2.75, 3.05) is 11.9 Å². The van der Waals surface area contributed by atoms with Crippen molar-refractivity contribution in [3.8, 4) is 17.2 Å². The van der Waals surface area contributed by atoms with Crippen LogP contribution in [0, 0.1) is 0 Å². The second-order valence-corrected chi connectivity index (χ2v) is 8.48. The smallest absolute Gasteiger partial charge is 0.255 e. The van der Waals surface area contributed by atoms with E-state index in [1.165, 1.54) is 0 Å². The van der Waals surface area contributed by atoms with Crippen molar-refractivity contribution < 1.29 is 23.8 Å². The average Bonchev–Trinajstić information content (AvgIpc) is 3.50. The number of ether oxygens (including phenoxy) is 3. The molecule has 1 amide bonds. The van der Waals surface area contributed by atoms with Crippen LogP contribution < -0.4 is 19.5 Å². The lowest BCUT2D eigenvalue weighted by molar-refractivity contribution is 0.102. The molecule has 0 aromatic heterocycles. The summed E-state index contributed by atoms with van der Waals surface area (Å²) in [5.74, 6) is 1.45. The van der Waals surface area contributed by atoms with E-state index >= 15 is 0 Å². The molecule has 0 atom stereocenters. The molecule has 2 aromatic carbocycles. The van der Waals surface area contributed by atoms with Crippen molar-refractivity contribution in [3.05, 3.63) is 47.5 Å². The van der Waals surface area contributed by atoms with Crippen LogP contribution in [0.25, 0.3) is 0 Å². The van der Waals surface area contributed by atoms with Crippen LogP contribution in [0.15, 0.2) is 36.4 Å². The molecule has 2 aromatic rings. The first-order valence-corrected chi connectivity index (χ1v) is 11.7. The summed E-state index contributed by atoms with van der Waals surface area (Å²) in [7, 11) is 0. The molecule has 0 saturated heterocycles. The first-order valence-electron chi connectivity index (χ1n) is 11.7. The summed E-state index contributed by atoms with van der Waals surface area (Å²) in [6.45, 7) is 2.42. The molecular weight excluding hydrogens is 406 g/mol. The SMILES string of the molecule is CCOc1c(OC2CCCC2)cc(C(=O)Nc2ccc(C=O)cc2)cc1OC1CCCC1. The van der Waals surface area contributed by atoms with Crippen LogP contribution >= 0.6 is 0 Å². The topological polar surface area (TPSA) is 73.9 Å². The van der Waals surface area contributed by atoms with Crippen molar-refractivity contribution in [3.63, 3.8) is 0 Å². The Morgan fingerprint density at radius 3 is 1.94 bits per heavy atom. The minimum atomic E-state index is -0.264. The van der Waals surface area contributed by atoms with Gasteiger partial charge in [0.15, 0.2) is 11.5 Å². The number of anilines is 1. The van der Waals surface area contributed by atoms with E-state index in [0.717, 1.165) is 57.7 Å². The number of carbonyl (C=O) groups excluding carboxylic acids is 2. The van der Waals surface area contributed by atoms with Crippen molar-refractivity contribution in [2.45, 2.75) is 70.5 Å². The molecule has 2 fully saturated rings. The molecule has 0 radical (unpaired) electrons. The van der Waals surface area contributed by atoms with E-state index in [2.05, 4.69) is 5.32 Å². The van der Waals surface area contributed by atoms with Gasteiger partial charge >= 0.3 is 0 Å². The van der Waals surface area contributed by atoms with Crippen LogP contribution in [0.5, 0.6) is 17.2 Å². The predicted octanol–water partition coefficient (Wildman–Crippen LogP) is 5.79. The maximum Gasteiger partial charge on any atom is 0.255 e. The lowest BCUT2D eigenvalue weighted by Crippen LogP contribution is -2.17. The van der Waals surface area contributed by atoms with E-state index < -0.39 is 0 Å². The van der Waals surface area contributed by atoms with Gasteiger partial charge < -0.3 is 19.5 Å². The van der Waals surface area contributed by atoms with Crippen LogP contribution in [-0.2, 0) is 0 Å². The van der Waals surface area contributed by atoms with Crippen LogP contribution in [-0.4, -0.2) is 31.0 Å². The quantitative estimate of drug-likeness (QED) is 0.503. The van der Waals surface area contributed by atoms with Gasteiger partial charge in [-0.1, -0.05) is 0 Å². The third kappa shape index (κ3) is 5.42. The Hall–Kier alpha value is -3.02. The summed E-state index contributed by atoms with van der Waals surface area (Å²) in [4.78, 5) is 24.0. The molecule has 2 aliphatic rings. The fourth-order valence-corrected chi connectivity index (χ4v) is 4.39. The lowest BCUT2D eigenvalue weighted by Gasteiger charge is -2.22. The molecule has 6 nitrogen and oxygen atoms in total. The van der Waals surface area contributed by atoms with Crippen molar-refractivity contribution >= 4 is 17.9 Å². The van der Waals surface area contributed by atoms with Gasteiger partial charge in [-0.3, -0.25) is 9.59 Å². The highest BCUT2D eigenvalue weighted by Gasteiger charge is 2.25. The van der Waals surface area contributed by atoms with Gasteiger partial charge in [-0.25, -0.2) is 0 Å². The number of benzene rings is 2. The highest BCUT2D eigenvalue weighted by atomic mass is 16.5. The normalized spacial score (nSPS) is 16.7. The third-order valence-electron chi connectivity index (χ3n) is 6.07. The summed E-state index contributed by atoms with van der Waals surface area (Å²) in [6.07, 6.45) is 9.64. The van der Waals surface area contributed by atoms with E-state index in [1.54, 1.807) is 36.4 Å². The minimum absolute atomic E-state index is 0.128. The van der Waals surface area contributed by atoms with Crippen LogP contribution in [0.1, 0.15) is 79.0 Å². The molecule has 0 heterocycles. The van der Waals surface area contributed by atoms with Gasteiger partial charge in [0, 0.05) is 16.8 Å². The van der Waals surface area contributed by atoms with Gasteiger partial charge in [0.25, 0.3) is 5.91 Å². The second-order valence-electron chi connectivity index (χ2n) is 8.48. The monoisotopic (exact) mass is 437 g/mol. The van der Waals surface area contributed by atoms with Crippen LogP contribution in [0.3, 0.4) is 0 Å². The standard InChI is InChI=1S/C26H31NO5/c1-2-30-25-23(31-21-7-3-4-8-21)15-19(16-24(25)32-22-9-5-6-10-22)26(29)27-20-13-11-18(17-28)12-14-20/h11-17,21-22H,2-10H2,1H3,(H,27,29). The van der Waals surface area contributed by atoms with Gasteiger partial charge in [-0.05, 0) is 94.7 Å². The summed E-state index contributed by atoms with van der Waals surface area (Å²) in [6, 6.07) is 10.3. The van der Waals surface area contributed by atoms with E-state index in [4.69, 9.17) is 14.2 Å². The second kappa shape index (κ2) is 10.5. The number of amides is 1. The Kier molecular flexibility index (Phi) is 7.30. The number of nitrogens with one attached hydrogen (secondary N) is 1. The molecule has 4 rings (SSSR count). The molecule has 32 heavy (non-hydrogen) atoms. The highest BCUT2D eigenvalue weighted by molar-refractivity contribution is 6.05. The predicted molar refractivity (Wildman–Crippen MR) is 123 cm³/mol. The molecule has 6 heteroatoms. The molecule has 0 bridgehead atoms. The zero-order valence-electron chi connectivity index (χ0n) is 18.6. The molecule has 170 valence electrons. The van der Waals surface area contributed by atoms with Gasteiger partial charge in [-0.15, -0.1) is 0 Å². The fourth-order valence-electron chi connectivity index (χ4n) is 4.39. The van der Waals surface area contributed by atoms with E-state index in [9.17, 15) is 9.59 Å². The van der Waals surface area contributed by atoms with Crippen LogP contribution in [0.4, 0.5) is 5.69 Å². The lowest BCUT2D eigenvalue weighted by atomic mass is 10.1. The average molecular weight is 438 g/mol. The van der Waals surface area contributed by atoms with E-state index in [-0.39, 0.29) is 18.1 Å². The maximum absolute atomic E-state index is 13.1. The number of hydrogen-bond donors (Lipinski definition) is 1. The number of hydrogen-bond acceptors (Lipinski definition) is 5. The molecular formula is C26H31NO5. The van der Waals surface area contributed by atoms with Crippen molar-refractivity contribution in [1.82, 2.24) is 0 Å². The molecule has 2 aliphatic carbocycles. The molecule has 0 unspecified atom stereocenters. The molecule has 2 saturated carbocycles. The third-order valence-corrected chi connectivity index (χ3v) is 6.07. The van der Waals surface area contributed by atoms with Crippen LogP contribution in [0.2, 0.25) is 0 Å². The molecule has 0 aliphatic heterocycles. The summed E-state index contributed by atoms with van der Waals surface area (Å²) in [5, 5.41) is 2.90. The van der Waals surface area contributed by atoms with Gasteiger partial charge in [-0.2, -0.15) is 0 Å². The minimum Gasteiger partial charge on any atom is -0.487 e. The summed E-state index contributed by atoms with van der Waals surface area (Å²) < 4.78 is 18.6. The van der Waals surface area contributed by atoms with Gasteiger partial charge in [0.05, 0.1) is 18.8 Å². The Morgan fingerprint density at radius 2 is 1.47 bits per heavy atom. The largest absolute Gasteiger partial charge is 0.487 e. The zero-order valence-corrected chi connectivity index (χ0v) is 18.6. The Labute approximate surface area is 189 Å². The number of aldehydes is 1. The van der Waals surface area contributed by atoms with E-state index in [0.29, 0.717) is 40.7 Å². The number of carbonyl (C=O) groups is 2. The van der Waals surface area contributed by atoms with Gasteiger partial charge in [0.2, 0.25) is 5.75 Å². The van der Waals surface area contributed by atoms with Gasteiger partial charge in [0.1, 0.15) is 6.29 Å². The Bertz CT molecular complexity index is 889. The first-order chi connectivity index (χ1) is 15.7. The zero-order chi connectivity index (χ0) is 22.3. The highest BCUT2D eigenvalue weighted by Crippen LogP contribution is 2.42. The maximum atomic E-state index is 13.1. The molecule has 0 spiro atoms. The summed E-state index contributed by atoms with van der Waals surface area (Å²) in [5.41, 5.74) is 1.63. The fraction of sp³-hybridized carbons (Fsp3) is 0.462.